The highest BCUT2D eigenvalue weighted by atomic mass is 16.5. The molecule has 0 spiro atoms. The van der Waals surface area contributed by atoms with Crippen LogP contribution in [0.25, 0.3) is 0 Å². The second kappa shape index (κ2) is 7.99. The van der Waals surface area contributed by atoms with Crippen LogP contribution in [0, 0.1) is 13.8 Å². The van der Waals surface area contributed by atoms with Crippen LogP contribution in [-0.4, -0.2) is 27.6 Å². The number of aryl methyl sites for hydroxylation is 2. The van der Waals surface area contributed by atoms with Crippen LogP contribution in [0.3, 0.4) is 0 Å². The Labute approximate surface area is 158 Å². The van der Waals surface area contributed by atoms with Gasteiger partial charge in [-0.3, -0.25) is 9.48 Å². The van der Waals surface area contributed by atoms with Gasteiger partial charge >= 0.3 is 5.97 Å². The summed E-state index contributed by atoms with van der Waals surface area (Å²) < 4.78 is 7.01. The number of hydrogen-bond donors (Lipinski definition) is 0. The van der Waals surface area contributed by atoms with Gasteiger partial charge in [-0.25, -0.2) is 4.79 Å². The summed E-state index contributed by atoms with van der Waals surface area (Å²) in [6, 6.07) is 15.3. The zero-order valence-corrected chi connectivity index (χ0v) is 15.7. The Morgan fingerprint density at radius 3 is 2.48 bits per heavy atom. The zero-order valence-electron chi connectivity index (χ0n) is 15.7. The van der Waals surface area contributed by atoms with E-state index in [1.54, 1.807) is 23.9 Å². The van der Waals surface area contributed by atoms with E-state index in [-0.39, 0.29) is 5.78 Å². The van der Waals surface area contributed by atoms with Gasteiger partial charge in [-0.2, -0.15) is 5.10 Å². The first-order chi connectivity index (χ1) is 12.9. The second-order valence-electron chi connectivity index (χ2n) is 6.62. The van der Waals surface area contributed by atoms with Crippen molar-refractivity contribution in [1.82, 2.24) is 9.78 Å². The van der Waals surface area contributed by atoms with Crippen LogP contribution in [0.1, 0.15) is 44.3 Å². The van der Waals surface area contributed by atoms with Gasteiger partial charge in [-0.15, -0.1) is 0 Å². The molecule has 0 saturated carbocycles. The molecule has 1 heterocycles. The average molecular weight is 362 g/mol. The van der Waals surface area contributed by atoms with Crippen LogP contribution < -0.4 is 0 Å². The number of rotatable bonds is 6. The Morgan fingerprint density at radius 1 is 1.04 bits per heavy atom. The van der Waals surface area contributed by atoms with Gasteiger partial charge in [-0.1, -0.05) is 42.5 Å². The number of ketones is 1. The summed E-state index contributed by atoms with van der Waals surface area (Å²) in [6.45, 7) is 6.08. The van der Waals surface area contributed by atoms with Crippen LogP contribution >= 0.6 is 0 Å². The molecule has 0 N–H and O–H groups in total. The number of Topliss-reactive ketones (excluding diaryl/α,β-unsaturated/α-hetero) is 1. The number of carbonyl (C=O) groups excluding carboxylic acids is 2. The predicted molar refractivity (Wildman–Crippen MR) is 103 cm³/mol. The van der Waals surface area contributed by atoms with Crippen molar-refractivity contribution in [2.24, 2.45) is 0 Å². The molecule has 2 aromatic carbocycles. The molecule has 5 nitrogen and oxygen atoms in total. The summed E-state index contributed by atoms with van der Waals surface area (Å²) >= 11 is 0. The van der Waals surface area contributed by atoms with E-state index in [2.05, 4.69) is 5.10 Å². The van der Waals surface area contributed by atoms with Crippen molar-refractivity contribution >= 4 is 11.8 Å². The summed E-state index contributed by atoms with van der Waals surface area (Å²) in [5.74, 6) is -0.776. The van der Waals surface area contributed by atoms with E-state index in [1.165, 1.54) is 6.20 Å². The highest BCUT2D eigenvalue weighted by Crippen LogP contribution is 2.14. The minimum absolute atomic E-state index is 0.219. The van der Waals surface area contributed by atoms with Crippen molar-refractivity contribution in [3.05, 3.63) is 88.7 Å². The molecule has 1 aromatic heterocycles. The molecule has 0 radical (unpaired) electrons. The molecule has 5 heteroatoms. The maximum Gasteiger partial charge on any atom is 0.342 e. The van der Waals surface area contributed by atoms with E-state index in [0.717, 1.165) is 16.7 Å². The first-order valence-corrected chi connectivity index (χ1v) is 8.83. The standard InChI is InChI=1S/C22H22N2O3/c1-15-9-10-19(11-16(15)2)21(25)17(3)27-22(26)20-12-23-24(14-20)13-18-7-5-4-6-8-18/h4-12,14,17H,13H2,1-3H3. The van der Waals surface area contributed by atoms with Crippen molar-refractivity contribution < 1.29 is 14.3 Å². The molecule has 0 amide bonds. The molecule has 0 bridgehead atoms. The molecule has 138 valence electrons. The number of nitrogens with zero attached hydrogens (tertiary/aromatic N) is 2. The largest absolute Gasteiger partial charge is 0.451 e. The quantitative estimate of drug-likeness (QED) is 0.492. The summed E-state index contributed by atoms with van der Waals surface area (Å²) in [4.78, 5) is 24.9. The van der Waals surface area contributed by atoms with Crippen LogP contribution in [0.15, 0.2) is 60.9 Å². The van der Waals surface area contributed by atoms with Crippen molar-refractivity contribution in [3.63, 3.8) is 0 Å². The molecule has 27 heavy (non-hydrogen) atoms. The molecule has 3 aromatic rings. The minimum Gasteiger partial charge on any atom is -0.451 e. The zero-order chi connectivity index (χ0) is 19.4. The molecule has 0 fully saturated rings. The van der Waals surface area contributed by atoms with Gasteiger partial charge in [-0.05, 0) is 43.5 Å². The third-order valence-corrected chi connectivity index (χ3v) is 4.50. The maximum absolute atomic E-state index is 12.5. The van der Waals surface area contributed by atoms with E-state index < -0.39 is 12.1 Å². The summed E-state index contributed by atoms with van der Waals surface area (Å²) in [5, 5.41) is 4.20. The number of aromatic nitrogens is 2. The van der Waals surface area contributed by atoms with Crippen molar-refractivity contribution in [1.29, 1.82) is 0 Å². The Hall–Kier alpha value is -3.21. The predicted octanol–water partition coefficient (Wildman–Crippen LogP) is 3.98. The van der Waals surface area contributed by atoms with Gasteiger partial charge < -0.3 is 4.74 Å². The third-order valence-electron chi connectivity index (χ3n) is 4.50. The first-order valence-electron chi connectivity index (χ1n) is 8.83. The van der Waals surface area contributed by atoms with Crippen molar-refractivity contribution in [2.75, 3.05) is 0 Å². The van der Waals surface area contributed by atoms with Gasteiger partial charge in [0.15, 0.2) is 6.10 Å². The smallest absolute Gasteiger partial charge is 0.342 e. The molecular formula is C22H22N2O3. The Balaban J connectivity index is 1.64. The first kappa shape index (κ1) is 18.6. The fraction of sp³-hybridized carbons (Fsp3) is 0.227. The lowest BCUT2D eigenvalue weighted by Crippen LogP contribution is -2.24. The monoisotopic (exact) mass is 362 g/mol. The molecule has 0 saturated heterocycles. The van der Waals surface area contributed by atoms with E-state index in [4.69, 9.17) is 4.74 Å². The number of ether oxygens (including phenoxy) is 1. The average Bonchev–Trinajstić information content (AvgIpc) is 3.13. The topological polar surface area (TPSA) is 61.2 Å². The van der Waals surface area contributed by atoms with Crippen LogP contribution in [0.5, 0.6) is 0 Å². The highest BCUT2D eigenvalue weighted by molar-refractivity contribution is 6.01. The number of hydrogen-bond acceptors (Lipinski definition) is 4. The van der Waals surface area contributed by atoms with E-state index >= 15 is 0 Å². The van der Waals surface area contributed by atoms with E-state index in [1.807, 2.05) is 56.3 Å². The SMILES string of the molecule is Cc1ccc(C(=O)C(C)OC(=O)c2cnn(Cc3ccccc3)c2)cc1C. The molecular weight excluding hydrogens is 340 g/mol. The minimum atomic E-state index is -0.864. The fourth-order valence-corrected chi connectivity index (χ4v) is 2.74. The molecule has 1 atom stereocenters. The summed E-state index contributed by atoms with van der Waals surface area (Å²) in [7, 11) is 0. The van der Waals surface area contributed by atoms with Gasteiger partial charge in [0.25, 0.3) is 0 Å². The number of benzene rings is 2. The Morgan fingerprint density at radius 2 is 1.78 bits per heavy atom. The van der Waals surface area contributed by atoms with Gasteiger partial charge in [0, 0.05) is 11.8 Å². The molecule has 0 aliphatic carbocycles. The number of esters is 1. The lowest BCUT2D eigenvalue weighted by atomic mass is 10.0. The maximum atomic E-state index is 12.5. The van der Waals surface area contributed by atoms with Gasteiger partial charge in [0.2, 0.25) is 5.78 Å². The molecule has 0 aliphatic rings. The summed E-state index contributed by atoms with van der Waals surface area (Å²) in [5.41, 5.74) is 4.09. The second-order valence-corrected chi connectivity index (χ2v) is 6.62. The molecule has 0 aliphatic heterocycles. The van der Waals surface area contributed by atoms with Crippen molar-refractivity contribution in [2.45, 2.75) is 33.4 Å². The van der Waals surface area contributed by atoms with Gasteiger partial charge in [0.1, 0.15) is 0 Å². The van der Waals surface area contributed by atoms with Crippen LogP contribution in [0.4, 0.5) is 0 Å². The highest BCUT2D eigenvalue weighted by Gasteiger charge is 2.21. The van der Waals surface area contributed by atoms with Gasteiger partial charge in [0.05, 0.1) is 18.3 Å². The molecule has 1 unspecified atom stereocenters. The molecule has 3 rings (SSSR count). The van der Waals surface area contributed by atoms with Crippen LogP contribution in [0.2, 0.25) is 0 Å². The lowest BCUT2D eigenvalue weighted by Gasteiger charge is -2.12. The summed E-state index contributed by atoms with van der Waals surface area (Å²) in [6.07, 6.45) is 2.22. The van der Waals surface area contributed by atoms with Crippen LogP contribution in [-0.2, 0) is 11.3 Å². The third kappa shape index (κ3) is 4.50. The van der Waals surface area contributed by atoms with E-state index in [9.17, 15) is 9.59 Å². The lowest BCUT2D eigenvalue weighted by molar-refractivity contribution is 0.0318. The fourth-order valence-electron chi connectivity index (χ4n) is 2.74. The normalized spacial score (nSPS) is 11.8. The van der Waals surface area contributed by atoms with Crippen molar-refractivity contribution in [3.8, 4) is 0 Å². The number of carbonyl (C=O) groups is 2. The Kier molecular flexibility index (Phi) is 5.50. The van der Waals surface area contributed by atoms with E-state index in [0.29, 0.717) is 17.7 Å². The Bertz CT molecular complexity index is 961.